The topological polar surface area (TPSA) is 4.93 Å². The van der Waals surface area contributed by atoms with Crippen molar-refractivity contribution in [3.8, 4) is 61.5 Å². The molecule has 0 bridgehead atoms. The van der Waals surface area contributed by atoms with Gasteiger partial charge >= 0.3 is 0 Å². The molecular formula is C54H41N. The first-order valence-corrected chi connectivity index (χ1v) is 19.5. The molecule has 1 heteroatoms. The van der Waals surface area contributed by atoms with Crippen LogP contribution in [0.3, 0.4) is 0 Å². The Labute approximate surface area is 323 Å². The van der Waals surface area contributed by atoms with Crippen LogP contribution in [-0.4, -0.2) is 4.57 Å². The van der Waals surface area contributed by atoms with Crippen LogP contribution in [0.4, 0.5) is 0 Å². The summed E-state index contributed by atoms with van der Waals surface area (Å²) in [6.45, 7) is 0. The number of aromatic nitrogens is 1. The zero-order valence-electron chi connectivity index (χ0n) is 30.8. The second kappa shape index (κ2) is 14.3. The molecule has 1 nitrogen and oxygen atoms in total. The summed E-state index contributed by atoms with van der Waals surface area (Å²) in [5.41, 5.74) is 15.0. The Hall–Kier alpha value is -6.70. The number of nitrogens with zero attached hydrogens (tertiary/aromatic N) is 1. The normalized spacial score (nSPS) is 14.7. The molecule has 7 aromatic carbocycles. The molecule has 1 atom stereocenters. The first-order chi connectivity index (χ1) is 27.3. The summed E-state index contributed by atoms with van der Waals surface area (Å²) in [6, 6.07) is 62.4. The van der Waals surface area contributed by atoms with E-state index in [-0.39, 0.29) is 0 Å². The highest BCUT2D eigenvalue weighted by molar-refractivity contribution is 6.07. The van der Waals surface area contributed by atoms with Crippen LogP contribution in [0.2, 0.25) is 0 Å². The summed E-state index contributed by atoms with van der Waals surface area (Å²) in [6.07, 6.45) is 17.0. The number of rotatable bonds is 7. The molecule has 0 spiro atoms. The van der Waals surface area contributed by atoms with Crippen molar-refractivity contribution in [2.45, 2.75) is 25.2 Å². The third-order valence-corrected chi connectivity index (χ3v) is 11.4. The van der Waals surface area contributed by atoms with E-state index in [2.05, 4.69) is 211 Å². The third-order valence-electron chi connectivity index (χ3n) is 11.4. The van der Waals surface area contributed by atoms with Crippen molar-refractivity contribution < 1.29 is 0 Å². The summed E-state index contributed by atoms with van der Waals surface area (Å²) in [4.78, 5) is 0. The molecule has 2 aliphatic carbocycles. The van der Waals surface area contributed by atoms with Crippen molar-refractivity contribution in [3.63, 3.8) is 0 Å². The van der Waals surface area contributed by atoms with Crippen LogP contribution in [-0.2, 0) is 0 Å². The van der Waals surface area contributed by atoms with Gasteiger partial charge in [-0.05, 0) is 121 Å². The van der Waals surface area contributed by atoms with Gasteiger partial charge in [0.05, 0.1) is 5.69 Å². The lowest BCUT2D eigenvalue weighted by Crippen LogP contribution is -2.31. The molecule has 0 radical (unpaired) electrons. The van der Waals surface area contributed by atoms with Crippen LogP contribution in [0.15, 0.2) is 194 Å². The Bertz CT molecular complexity index is 2840. The standard InChI is InChI=1S/C54H41N/c1-5-15-41(16-6-1)51-35-36-52(42-17-7-2-8-18-42)55(51)46-32-29-39(30-33-46)38-25-27-40(28-26-38)45-31-34-49-50(37-45)54(44-21-11-4-12-22-44)48-24-14-13-23-47(48)53(49)43-19-9-3-10-20-43/h1-12,15-17,19-37,42H,13-14,18H2. The lowest BCUT2D eigenvalue weighted by atomic mass is 9.85. The lowest BCUT2D eigenvalue weighted by Gasteiger charge is -2.20. The number of hydrogen-bond acceptors (Lipinski definition) is 0. The Morgan fingerprint density at radius 3 is 1.53 bits per heavy atom. The molecule has 8 aromatic rings. The largest absolute Gasteiger partial charge is 0.313 e. The van der Waals surface area contributed by atoms with E-state index >= 15 is 0 Å². The highest BCUT2D eigenvalue weighted by atomic mass is 15.0. The van der Waals surface area contributed by atoms with Crippen molar-refractivity contribution >= 4 is 22.9 Å². The summed E-state index contributed by atoms with van der Waals surface area (Å²) in [5.74, 6) is 0.348. The van der Waals surface area contributed by atoms with Crippen molar-refractivity contribution in [2.24, 2.45) is 0 Å². The monoisotopic (exact) mass is 703 g/mol. The predicted octanol–water partition coefficient (Wildman–Crippen LogP) is 12.9. The van der Waals surface area contributed by atoms with Gasteiger partial charge in [-0.3, -0.25) is 0 Å². The van der Waals surface area contributed by atoms with E-state index in [1.54, 1.807) is 0 Å². The molecule has 1 aromatic heterocycles. The summed E-state index contributed by atoms with van der Waals surface area (Å²) in [7, 11) is 0. The van der Waals surface area contributed by atoms with Crippen molar-refractivity contribution in [1.29, 1.82) is 0 Å². The van der Waals surface area contributed by atoms with Gasteiger partial charge in [-0.2, -0.15) is 0 Å². The van der Waals surface area contributed by atoms with Gasteiger partial charge in [-0.25, -0.2) is 0 Å². The Balaban J connectivity index is 1.03. The zero-order chi connectivity index (χ0) is 36.6. The van der Waals surface area contributed by atoms with E-state index in [9.17, 15) is 0 Å². The fourth-order valence-electron chi connectivity index (χ4n) is 8.74. The molecular weight excluding hydrogens is 663 g/mol. The molecule has 0 saturated heterocycles. The molecule has 1 unspecified atom stereocenters. The minimum Gasteiger partial charge on any atom is -0.313 e. The maximum atomic E-state index is 2.46. The van der Waals surface area contributed by atoms with Gasteiger partial charge in [0.15, 0.2) is 0 Å². The van der Waals surface area contributed by atoms with Crippen LogP contribution in [0.1, 0.15) is 30.9 Å². The highest BCUT2D eigenvalue weighted by Gasteiger charge is 2.19. The summed E-state index contributed by atoms with van der Waals surface area (Å²) >= 11 is 0. The molecule has 0 N–H and O–H groups in total. The van der Waals surface area contributed by atoms with E-state index in [4.69, 9.17) is 0 Å². The number of hydrogen-bond donors (Lipinski definition) is 0. The maximum Gasteiger partial charge on any atom is 0.0531 e. The van der Waals surface area contributed by atoms with Gasteiger partial charge in [0.25, 0.3) is 0 Å². The van der Waals surface area contributed by atoms with Crippen LogP contribution in [0.25, 0.3) is 84.4 Å². The molecule has 0 fully saturated rings. The van der Waals surface area contributed by atoms with Crippen molar-refractivity contribution in [2.75, 3.05) is 0 Å². The Morgan fingerprint density at radius 1 is 0.418 bits per heavy atom. The fraction of sp³-hybridized carbons (Fsp3) is 0.0741. The third kappa shape index (κ3) is 6.08. The molecule has 0 amide bonds. The van der Waals surface area contributed by atoms with E-state index in [1.165, 1.54) is 88.4 Å². The zero-order valence-corrected chi connectivity index (χ0v) is 30.8. The average Bonchev–Trinajstić information content (AvgIpc) is 3.72. The van der Waals surface area contributed by atoms with Gasteiger partial charge in [0.1, 0.15) is 0 Å². The molecule has 2 aliphatic rings. The van der Waals surface area contributed by atoms with Gasteiger partial charge < -0.3 is 4.57 Å². The van der Waals surface area contributed by atoms with Gasteiger partial charge in [-0.1, -0.05) is 176 Å². The Morgan fingerprint density at radius 2 is 0.945 bits per heavy atom. The second-order valence-corrected chi connectivity index (χ2v) is 14.7. The second-order valence-electron chi connectivity index (χ2n) is 14.7. The smallest absolute Gasteiger partial charge is 0.0531 e. The molecule has 55 heavy (non-hydrogen) atoms. The van der Waals surface area contributed by atoms with Gasteiger partial charge in [-0.15, -0.1) is 0 Å². The van der Waals surface area contributed by atoms with Crippen LogP contribution >= 0.6 is 0 Å². The van der Waals surface area contributed by atoms with E-state index in [1.807, 2.05) is 0 Å². The molecule has 0 aliphatic heterocycles. The molecule has 262 valence electrons. The number of allylic oxidation sites excluding steroid dienone is 4. The summed E-state index contributed by atoms with van der Waals surface area (Å²) in [5, 5.41) is 5.31. The van der Waals surface area contributed by atoms with E-state index in [0.29, 0.717) is 5.92 Å². The fourth-order valence-corrected chi connectivity index (χ4v) is 8.74. The lowest BCUT2D eigenvalue weighted by molar-refractivity contribution is 0.786. The Kier molecular flexibility index (Phi) is 8.54. The number of benzene rings is 7. The SMILES string of the molecule is C1=CCC(c2ccc(-c3ccccc3)n2-c2ccc(-c3ccc(-c4ccc5c(-c6ccccc6)c6c(c(-c7ccccc7)c5c4)=CCCC=6)cc3)cc2)C=C1. The number of fused-ring (bicyclic) bond motifs is 2. The summed E-state index contributed by atoms with van der Waals surface area (Å²) < 4.78 is 2.44. The molecule has 10 rings (SSSR count). The first kappa shape index (κ1) is 32.9. The minimum absolute atomic E-state index is 0.348. The van der Waals surface area contributed by atoms with Crippen molar-refractivity contribution in [3.05, 3.63) is 210 Å². The highest BCUT2D eigenvalue weighted by Crippen LogP contribution is 2.37. The average molecular weight is 704 g/mol. The molecule has 0 saturated carbocycles. The van der Waals surface area contributed by atoms with Gasteiger partial charge in [0, 0.05) is 17.3 Å². The first-order valence-electron chi connectivity index (χ1n) is 19.5. The van der Waals surface area contributed by atoms with E-state index in [0.717, 1.165) is 19.3 Å². The quantitative estimate of drug-likeness (QED) is 0.156. The van der Waals surface area contributed by atoms with Crippen LogP contribution in [0, 0.1) is 0 Å². The molecule has 1 heterocycles. The maximum absolute atomic E-state index is 2.46. The van der Waals surface area contributed by atoms with Crippen molar-refractivity contribution in [1.82, 2.24) is 4.57 Å². The van der Waals surface area contributed by atoms with Crippen LogP contribution < -0.4 is 10.4 Å². The van der Waals surface area contributed by atoms with Crippen LogP contribution in [0.5, 0.6) is 0 Å². The minimum atomic E-state index is 0.348. The van der Waals surface area contributed by atoms with E-state index < -0.39 is 0 Å². The van der Waals surface area contributed by atoms with Gasteiger partial charge in [0.2, 0.25) is 0 Å². The predicted molar refractivity (Wildman–Crippen MR) is 234 cm³/mol.